The number of carbonyl (C=O) groups is 1. The molecule has 2 rings (SSSR count). The average molecular weight is 248 g/mol. The zero-order chi connectivity index (χ0) is 13.0. The molecule has 1 aromatic rings. The molecule has 1 heterocycles. The molecule has 5 heteroatoms. The smallest absolute Gasteiger partial charge is 0.220 e. The Labute approximate surface area is 107 Å². The Kier molecular flexibility index (Phi) is 4.02. The Morgan fingerprint density at radius 1 is 1.56 bits per heavy atom. The summed E-state index contributed by atoms with van der Waals surface area (Å²) in [6, 6.07) is 2.27. The van der Waals surface area contributed by atoms with Gasteiger partial charge >= 0.3 is 0 Å². The Morgan fingerprint density at radius 3 is 3.00 bits per heavy atom. The van der Waals surface area contributed by atoms with E-state index in [1.165, 1.54) is 0 Å². The molecule has 1 fully saturated rings. The maximum absolute atomic E-state index is 11.4. The van der Waals surface area contributed by atoms with Crippen LogP contribution < -0.4 is 16.4 Å². The summed E-state index contributed by atoms with van der Waals surface area (Å²) < 4.78 is 0. The quantitative estimate of drug-likeness (QED) is 0.666. The standard InChI is InChI=1S/C13H20N4O/c1-9-8-16-12(7-11(9)14)15-6-2-3-13(18)17-10-4-5-10/h7-8,10H,2-6H2,1H3,(H,17,18)(H3,14,15,16). The number of hydrogen-bond acceptors (Lipinski definition) is 4. The van der Waals surface area contributed by atoms with Crippen molar-refractivity contribution >= 4 is 17.4 Å². The molecule has 0 unspecified atom stereocenters. The van der Waals surface area contributed by atoms with Crippen LogP contribution in [0.2, 0.25) is 0 Å². The van der Waals surface area contributed by atoms with Crippen molar-refractivity contribution in [3.8, 4) is 0 Å². The van der Waals surface area contributed by atoms with Crippen LogP contribution in [0.5, 0.6) is 0 Å². The highest BCUT2D eigenvalue weighted by Crippen LogP contribution is 2.18. The summed E-state index contributed by atoms with van der Waals surface area (Å²) in [6.45, 7) is 2.65. The van der Waals surface area contributed by atoms with Crippen molar-refractivity contribution in [3.05, 3.63) is 17.8 Å². The summed E-state index contributed by atoms with van der Waals surface area (Å²) in [6.07, 6.45) is 5.38. The third kappa shape index (κ3) is 3.91. The molecule has 18 heavy (non-hydrogen) atoms. The first-order valence-electron chi connectivity index (χ1n) is 6.40. The van der Waals surface area contributed by atoms with Gasteiger partial charge in [0.05, 0.1) is 0 Å². The summed E-state index contributed by atoms with van der Waals surface area (Å²) in [5.74, 6) is 0.913. The second-order valence-electron chi connectivity index (χ2n) is 4.80. The summed E-state index contributed by atoms with van der Waals surface area (Å²) in [4.78, 5) is 15.7. The van der Waals surface area contributed by atoms with E-state index in [1.54, 1.807) is 6.20 Å². The largest absolute Gasteiger partial charge is 0.398 e. The highest BCUT2D eigenvalue weighted by Gasteiger charge is 2.22. The fourth-order valence-corrected chi connectivity index (χ4v) is 1.63. The van der Waals surface area contributed by atoms with E-state index in [0.29, 0.717) is 12.5 Å². The van der Waals surface area contributed by atoms with Gasteiger partial charge in [-0.1, -0.05) is 0 Å². The van der Waals surface area contributed by atoms with Gasteiger partial charge in [0.15, 0.2) is 0 Å². The van der Waals surface area contributed by atoms with Crippen molar-refractivity contribution in [3.63, 3.8) is 0 Å². The first kappa shape index (κ1) is 12.7. The van der Waals surface area contributed by atoms with Crippen LogP contribution in [-0.4, -0.2) is 23.5 Å². The SMILES string of the molecule is Cc1cnc(NCCCC(=O)NC2CC2)cc1N. The van der Waals surface area contributed by atoms with Crippen LogP contribution in [0, 0.1) is 6.92 Å². The Morgan fingerprint density at radius 2 is 2.33 bits per heavy atom. The number of carbonyl (C=O) groups excluding carboxylic acids is 1. The number of amides is 1. The number of aromatic nitrogens is 1. The van der Waals surface area contributed by atoms with Crippen molar-refractivity contribution in [2.75, 3.05) is 17.6 Å². The molecule has 1 amide bonds. The molecule has 0 aliphatic heterocycles. The number of aryl methyl sites for hydroxylation is 1. The molecule has 1 saturated carbocycles. The topological polar surface area (TPSA) is 80.0 Å². The molecule has 0 aromatic carbocycles. The number of anilines is 2. The van der Waals surface area contributed by atoms with E-state index in [0.717, 1.165) is 42.9 Å². The van der Waals surface area contributed by atoms with E-state index in [1.807, 2.05) is 13.0 Å². The van der Waals surface area contributed by atoms with E-state index in [-0.39, 0.29) is 5.91 Å². The fourth-order valence-electron chi connectivity index (χ4n) is 1.63. The number of nitrogen functional groups attached to an aromatic ring is 1. The zero-order valence-electron chi connectivity index (χ0n) is 10.7. The predicted molar refractivity (Wildman–Crippen MR) is 72.3 cm³/mol. The lowest BCUT2D eigenvalue weighted by Gasteiger charge is -2.07. The van der Waals surface area contributed by atoms with E-state index < -0.39 is 0 Å². The second kappa shape index (κ2) is 5.71. The Balaban J connectivity index is 1.64. The zero-order valence-corrected chi connectivity index (χ0v) is 10.7. The third-order valence-electron chi connectivity index (χ3n) is 2.97. The van der Waals surface area contributed by atoms with Crippen LogP contribution >= 0.6 is 0 Å². The number of hydrogen-bond donors (Lipinski definition) is 3. The molecule has 98 valence electrons. The summed E-state index contributed by atoms with van der Waals surface area (Å²) in [7, 11) is 0. The summed E-state index contributed by atoms with van der Waals surface area (Å²) >= 11 is 0. The van der Waals surface area contributed by atoms with Crippen LogP contribution in [0.3, 0.4) is 0 Å². The lowest BCUT2D eigenvalue weighted by atomic mass is 10.2. The minimum atomic E-state index is 0.149. The van der Waals surface area contributed by atoms with Gasteiger partial charge in [0, 0.05) is 37.0 Å². The molecular formula is C13H20N4O. The highest BCUT2D eigenvalue weighted by molar-refractivity contribution is 5.76. The average Bonchev–Trinajstić information content (AvgIpc) is 3.13. The van der Waals surface area contributed by atoms with Crippen LogP contribution in [0.25, 0.3) is 0 Å². The van der Waals surface area contributed by atoms with Crippen molar-refractivity contribution in [1.82, 2.24) is 10.3 Å². The number of rotatable bonds is 6. The van der Waals surface area contributed by atoms with Gasteiger partial charge in [-0.25, -0.2) is 4.98 Å². The molecule has 0 bridgehead atoms. The van der Waals surface area contributed by atoms with Crippen molar-refractivity contribution in [2.24, 2.45) is 0 Å². The van der Waals surface area contributed by atoms with Gasteiger partial charge < -0.3 is 16.4 Å². The minimum Gasteiger partial charge on any atom is -0.398 e. The number of nitrogens with zero attached hydrogens (tertiary/aromatic N) is 1. The van der Waals surface area contributed by atoms with Gasteiger partial charge in [-0.05, 0) is 31.7 Å². The third-order valence-corrected chi connectivity index (χ3v) is 2.97. The number of nitrogens with one attached hydrogen (secondary N) is 2. The van der Waals surface area contributed by atoms with Crippen LogP contribution in [-0.2, 0) is 4.79 Å². The molecule has 0 spiro atoms. The van der Waals surface area contributed by atoms with Gasteiger partial charge in [0.2, 0.25) is 5.91 Å². The van der Waals surface area contributed by atoms with Gasteiger partial charge in [0.1, 0.15) is 5.82 Å². The van der Waals surface area contributed by atoms with E-state index in [9.17, 15) is 4.79 Å². The van der Waals surface area contributed by atoms with Gasteiger partial charge in [0.25, 0.3) is 0 Å². The molecule has 0 radical (unpaired) electrons. The van der Waals surface area contributed by atoms with E-state index in [4.69, 9.17) is 5.73 Å². The lowest BCUT2D eigenvalue weighted by molar-refractivity contribution is -0.121. The first-order valence-corrected chi connectivity index (χ1v) is 6.40. The predicted octanol–water partition coefficient (Wildman–Crippen LogP) is 1.44. The highest BCUT2D eigenvalue weighted by atomic mass is 16.1. The summed E-state index contributed by atoms with van der Waals surface area (Å²) in [5.41, 5.74) is 7.50. The van der Waals surface area contributed by atoms with Crippen molar-refractivity contribution in [2.45, 2.75) is 38.6 Å². The molecule has 5 nitrogen and oxygen atoms in total. The lowest BCUT2D eigenvalue weighted by Crippen LogP contribution is -2.25. The molecule has 0 saturated heterocycles. The number of pyridine rings is 1. The van der Waals surface area contributed by atoms with Crippen LogP contribution in [0.15, 0.2) is 12.3 Å². The molecular weight excluding hydrogens is 228 g/mol. The van der Waals surface area contributed by atoms with Crippen molar-refractivity contribution < 1.29 is 4.79 Å². The monoisotopic (exact) mass is 248 g/mol. The summed E-state index contributed by atoms with van der Waals surface area (Å²) in [5, 5.41) is 6.13. The van der Waals surface area contributed by atoms with Crippen molar-refractivity contribution in [1.29, 1.82) is 0 Å². The minimum absolute atomic E-state index is 0.149. The molecule has 0 atom stereocenters. The van der Waals surface area contributed by atoms with Crippen LogP contribution in [0.4, 0.5) is 11.5 Å². The molecule has 1 aromatic heterocycles. The maximum Gasteiger partial charge on any atom is 0.220 e. The fraction of sp³-hybridized carbons (Fsp3) is 0.538. The second-order valence-corrected chi connectivity index (χ2v) is 4.80. The van der Waals surface area contributed by atoms with E-state index >= 15 is 0 Å². The molecule has 4 N–H and O–H groups in total. The normalized spacial score (nSPS) is 14.3. The maximum atomic E-state index is 11.4. The van der Waals surface area contributed by atoms with Gasteiger partial charge in [-0.3, -0.25) is 4.79 Å². The Bertz CT molecular complexity index is 429. The first-order chi connectivity index (χ1) is 8.65. The van der Waals surface area contributed by atoms with Gasteiger partial charge in [-0.2, -0.15) is 0 Å². The van der Waals surface area contributed by atoms with Gasteiger partial charge in [-0.15, -0.1) is 0 Å². The van der Waals surface area contributed by atoms with E-state index in [2.05, 4.69) is 15.6 Å². The Hall–Kier alpha value is -1.78. The van der Waals surface area contributed by atoms with Crippen LogP contribution in [0.1, 0.15) is 31.2 Å². The molecule has 1 aliphatic carbocycles. The molecule has 1 aliphatic rings. The number of nitrogens with two attached hydrogens (primary N) is 1.